The van der Waals surface area contributed by atoms with Crippen LogP contribution in [0.25, 0.3) is 0 Å². The topological polar surface area (TPSA) is 50.7 Å². The second-order valence-electron chi connectivity index (χ2n) is 7.14. The van der Waals surface area contributed by atoms with Gasteiger partial charge in [-0.25, -0.2) is 4.99 Å². The van der Waals surface area contributed by atoms with Crippen molar-refractivity contribution in [2.45, 2.75) is 25.7 Å². The molecule has 1 N–H and O–H groups in total. The Labute approximate surface area is 194 Å². The molecule has 31 heavy (non-hydrogen) atoms. The van der Waals surface area contributed by atoms with Gasteiger partial charge in [-0.15, -0.1) is 17.8 Å². The predicted octanol–water partition coefficient (Wildman–Crippen LogP) is 6.40. The van der Waals surface area contributed by atoms with Gasteiger partial charge in [-0.3, -0.25) is 4.79 Å². The average Bonchev–Trinajstić information content (AvgIpc) is 3.16. The molecule has 0 saturated heterocycles. The molecule has 0 bridgehead atoms. The first-order chi connectivity index (χ1) is 15.2. The van der Waals surface area contributed by atoms with Gasteiger partial charge in [0.15, 0.2) is 0 Å². The number of rotatable bonds is 6. The number of fused-ring (bicyclic) bond motifs is 1. The third-order valence-corrected chi connectivity index (χ3v) is 6.71. The van der Waals surface area contributed by atoms with Gasteiger partial charge in [0, 0.05) is 26.8 Å². The molecule has 4 nitrogen and oxygen atoms in total. The van der Waals surface area contributed by atoms with Gasteiger partial charge in [-0.2, -0.15) is 0 Å². The summed E-state index contributed by atoms with van der Waals surface area (Å²) in [4.78, 5) is 19.2. The molecule has 0 unspecified atom stereocenters. The van der Waals surface area contributed by atoms with E-state index in [0.717, 1.165) is 52.0 Å². The molecule has 1 aromatic heterocycles. The number of aliphatic imine (C=N–C) groups is 1. The first-order valence-corrected chi connectivity index (χ1v) is 11.7. The van der Waals surface area contributed by atoms with Gasteiger partial charge in [-0.1, -0.05) is 40.0 Å². The van der Waals surface area contributed by atoms with E-state index in [9.17, 15) is 4.79 Å². The highest BCUT2D eigenvalue weighted by Crippen LogP contribution is 2.40. The second kappa shape index (κ2) is 9.95. The van der Waals surface area contributed by atoms with Gasteiger partial charge < -0.3 is 10.1 Å². The molecular formula is C25H21BrN2O2S. The number of thiophene rings is 1. The molecule has 0 fully saturated rings. The summed E-state index contributed by atoms with van der Waals surface area (Å²) in [5.74, 6) is 3.02. The summed E-state index contributed by atoms with van der Waals surface area (Å²) in [6.45, 7) is 0.181. The lowest BCUT2D eigenvalue weighted by atomic mass is 9.95. The lowest BCUT2D eigenvalue weighted by Crippen LogP contribution is -2.14. The van der Waals surface area contributed by atoms with E-state index >= 15 is 0 Å². The van der Waals surface area contributed by atoms with Crippen LogP contribution < -0.4 is 10.1 Å². The van der Waals surface area contributed by atoms with Crippen LogP contribution in [-0.2, 0) is 12.8 Å². The van der Waals surface area contributed by atoms with E-state index in [1.54, 1.807) is 17.6 Å². The van der Waals surface area contributed by atoms with Crippen LogP contribution in [0.4, 0.5) is 10.7 Å². The van der Waals surface area contributed by atoms with Crippen molar-refractivity contribution in [2.75, 3.05) is 11.9 Å². The van der Waals surface area contributed by atoms with Crippen LogP contribution in [0.3, 0.4) is 0 Å². The smallest absolute Gasteiger partial charge is 0.259 e. The molecule has 0 radical (unpaired) electrons. The Morgan fingerprint density at radius 1 is 1.23 bits per heavy atom. The fourth-order valence-corrected chi connectivity index (χ4v) is 5.20. The fourth-order valence-electron chi connectivity index (χ4n) is 3.59. The van der Waals surface area contributed by atoms with Crippen LogP contribution in [-0.4, -0.2) is 18.7 Å². The van der Waals surface area contributed by atoms with Crippen molar-refractivity contribution in [1.82, 2.24) is 0 Å². The molecule has 1 aliphatic rings. The average molecular weight is 493 g/mol. The van der Waals surface area contributed by atoms with Crippen LogP contribution in [0.15, 0.2) is 58.0 Å². The van der Waals surface area contributed by atoms with E-state index in [1.165, 1.54) is 4.88 Å². The number of terminal acetylenes is 1. The SMILES string of the molecule is C#CCOc1ccc(Br)cc1C=Nc1sc2c(c1C(=O)Nc1ccccc1)CCCC2. The Hall–Kier alpha value is -2.88. The normalized spacial score (nSPS) is 12.9. The number of carbonyl (C=O) groups is 1. The number of nitrogens with one attached hydrogen (secondary N) is 1. The number of amides is 1. The van der Waals surface area contributed by atoms with E-state index in [1.807, 2.05) is 48.5 Å². The van der Waals surface area contributed by atoms with E-state index in [2.05, 4.69) is 27.2 Å². The Kier molecular flexibility index (Phi) is 6.86. The number of halogens is 1. The highest BCUT2D eigenvalue weighted by Gasteiger charge is 2.25. The van der Waals surface area contributed by atoms with Crippen molar-refractivity contribution in [3.8, 4) is 18.1 Å². The molecule has 0 saturated carbocycles. The second-order valence-corrected chi connectivity index (χ2v) is 9.14. The monoisotopic (exact) mass is 492 g/mol. The van der Waals surface area contributed by atoms with Crippen LogP contribution >= 0.6 is 27.3 Å². The highest BCUT2D eigenvalue weighted by atomic mass is 79.9. The first-order valence-electron chi connectivity index (χ1n) is 10.1. The number of hydrogen-bond donors (Lipinski definition) is 1. The molecule has 156 valence electrons. The van der Waals surface area contributed by atoms with Gasteiger partial charge in [0.25, 0.3) is 5.91 Å². The Morgan fingerprint density at radius 3 is 2.84 bits per heavy atom. The number of nitrogens with zero attached hydrogens (tertiary/aromatic N) is 1. The van der Waals surface area contributed by atoms with Gasteiger partial charge in [0.1, 0.15) is 17.4 Å². The van der Waals surface area contributed by atoms with Crippen LogP contribution in [0, 0.1) is 12.3 Å². The maximum absolute atomic E-state index is 13.2. The third-order valence-electron chi connectivity index (χ3n) is 5.02. The number of para-hydroxylation sites is 1. The van der Waals surface area contributed by atoms with Crippen molar-refractivity contribution >= 4 is 50.1 Å². The molecule has 2 aromatic carbocycles. The minimum Gasteiger partial charge on any atom is -0.480 e. The summed E-state index contributed by atoms with van der Waals surface area (Å²) in [5, 5.41) is 3.75. The molecule has 1 amide bonds. The molecule has 1 aliphatic carbocycles. The number of benzene rings is 2. The van der Waals surface area contributed by atoms with Crippen LogP contribution in [0.5, 0.6) is 5.75 Å². The van der Waals surface area contributed by atoms with Gasteiger partial charge in [-0.05, 0) is 61.6 Å². The van der Waals surface area contributed by atoms with Gasteiger partial charge >= 0.3 is 0 Å². The number of carbonyl (C=O) groups excluding carboxylic acids is 1. The number of aryl methyl sites for hydroxylation is 1. The van der Waals surface area contributed by atoms with Crippen molar-refractivity contribution in [3.63, 3.8) is 0 Å². The molecule has 1 heterocycles. The zero-order chi connectivity index (χ0) is 21.6. The standard InChI is InChI=1S/C25H21BrN2O2S/c1-2-14-30-21-13-12-18(26)15-17(21)16-27-25-23(20-10-6-7-11-22(20)31-25)24(29)28-19-8-4-3-5-9-19/h1,3-5,8-9,12-13,15-16H,6-7,10-11,14H2,(H,28,29). The van der Waals surface area contributed by atoms with Crippen molar-refractivity contribution in [1.29, 1.82) is 0 Å². The third kappa shape index (κ3) is 5.07. The predicted molar refractivity (Wildman–Crippen MR) is 131 cm³/mol. The Morgan fingerprint density at radius 2 is 2.03 bits per heavy atom. The van der Waals surface area contributed by atoms with Crippen LogP contribution in [0.1, 0.15) is 39.2 Å². The largest absolute Gasteiger partial charge is 0.480 e. The lowest BCUT2D eigenvalue weighted by Gasteiger charge is -2.12. The lowest BCUT2D eigenvalue weighted by molar-refractivity contribution is 0.102. The minimum atomic E-state index is -0.115. The molecule has 0 spiro atoms. The Balaban J connectivity index is 1.69. The van der Waals surface area contributed by atoms with E-state index in [0.29, 0.717) is 11.3 Å². The summed E-state index contributed by atoms with van der Waals surface area (Å²) in [5.41, 5.74) is 3.39. The fraction of sp³-hybridized carbons (Fsp3) is 0.200. The summed E-state index contributed by atoms with van der Waals surface area (Å²) in [7, 11) is 0. The molecule has 0 atom stereocenters. The zero-order valence-corrected chi connectivity index (χ0v) is 19.3. The van der Waals surface area contributed by atoms with Gasteiger partial charge in [0.2, 0.25) is 0 Å². The maximum Gasteiger partial charge on any atom is 0.259 e. The summed E-state index contributed by atoms with van der Waals surface area (Å²) in [6.07, 6.45) is 11.2. The highest BCUT2D eigenvalue weighted by molar-refractivity contribution is 9.10. The summed E-state index contributed by atoms with van der Waals surface area (Å²) in [6, 6.07) is 15.2. The van der Waals surface area contributed by atoms with E-state index < -0.39 is 0 Å². The Bertz CT molecular complexity index is 1160. The van der Waals surface area contributed by atoms with E-state index in [4.69, 9.17) is 16.2 Å². The van der Waals surface area contributed by atoms with Gasteiger partial charge in [0.05, 0.1) is 5.56 Å². The molecule has 4 rings (SSSR count). The van der Waals surface area contributed by atoms with Crippen molar-refractivity contribution in [3.05, 3.63) is 74.6 Å². The number of ether oxygens (including phenoxy) is 1. The van der Waals surface area contributed by atoms with Crippen LogP contribution in [0.2, 0.25) is 0 Å². The molecular weight excluding hydrogens is 472 g/mol. The molecule has 6 heteroatoms. The number of anilines is 1. The summed E-state index contributed by atoms with van der Waals surface area (Å²) < 4.78 is 6.56. The van der Waals surface area contributed by atoms with Crippen molar-refractivity contribution < 1.29 is 9.53 Å². The van der Waals surface area contributed by atoms with E-state index in [-0.39, 0.29) is 12.5 Å². The maximum atomic E-state index is 13.2. The minimum absolute atomic E-state index is 0.115. The summed E-state index contributed by atoms with van der Waals surface area (Å²) >= 11 is 5.10. The quantitative estimate of drug-likeness (QED) is 0.319. The molecule has 0 aliphatic heterocycles. The zero-order valence-electron chi connectivity index (χ0n) is 16.9. The van der Waals surface area contributed by atoms with Crippen molar-refractivity contribution in [2.24, 2.45) is 4.99 Å². The number of hydrogen-bond acceptors (Lipinski definition) is 4. The first kappa shape index (κ1) is 21.4. The molecule has 3 aromatic rings.